The molecule has 1 saturated heterocycles. The van der Waals surface area contributed by atoms with Gasteiger partial charge in [0.2, 0.25) is 5.43 Å². The Morgan fingerprint density at radius 3 is 2.83 bits per heavy atom. The van der Waals surface area contributed by atoms with Gasteiger partial charge in [-0.1, -0.05) is 18.0 Å². The highest BCUT2D eigenvalue weighted by molar-refractivity contribution is 6.31. The number of fused-ring (bicyclic) bond motifs is 1. The van der Waals surface area contributed by atoms with Gasteiger partial charge in [-0.2, -0.15) is 0 Å². The second-order valence-electron chi connectivity index (χ2n) is 6.00. The minimum Gasteiger partial charge on any atom is -0.359 e. The molecule has 3 N–H and O–H groups in total. The van der Waals surface area contributed by atoms with Crippen LogP contribution in [0.3, 0.4) is 0 Å². The van der Waals surface area contributed by atoms with Crippen LogP contribution in [0.5, 0.6) is 0 Å². The van der Waals surface area contributed by atoms with Crippen molar-refractivity contribution in [1.29, 1.82) is 0 Å². The van der Waals surface area contributed by atoms with E-state index in [-0.39, 0.29) is 17.1 Å². The van der Waals surface area contributed by atoms with Crippen LogP contribution in [0, 0.1) is 0 Å². The van der Waals surface area contributed by atoms with E-state index in [0.29, 0.717) is 22.5 Å². The van der Waals surface area contributed by atoms with Crippen molar-refractivity contribution < 1.29 is 4.79 Å². The summed E-state index contributed by atoms with van der Waals surface area (Å²) in [7, 11) is 0. The minimum atomic E-state index is -0.370. The number of nitrogens with zero attached hydrogens (tertiary/aromatic N) is 1. The molecule has 0 radical (unpaired) electrons. The number of halogens is 1. The van der Waals surface area contributed by atoms with Crippen LogP contribution in [0.4, 0.5) is 10.5 Å². The lowest BCUT2D eigenvalue weighted by molar-refractivity contribution is 0.224. The van der Waals surface area contributed by atoms with Gasteiger partial charge in [0.05, 0.1) is 5.52 Å². The van der Waals surface area contributed by atoms with Crippen molar-refractivity contribution in [3.8, 4) is 0 Å². The van der Waals surface area contributed by atoms with Crippen LogP contribution >= 0.6 is 11.6 Å². The number of aromatic amines is 1. The quantitative estimate of drug-likeness (QED) is 0.795. The Hall–Kier alpha value is -2.05. The topological polar surface area (TPSA) is 77.2 Å². The third-order valence-corrected chi connectivity index (χ3v) is 4.49. The Morgan fingerprint density at radius 2 is 2.04 bits per heavy atom. The van der Waals surface area contributed by atoms with Crippen LogP contribution in [0.15, 0.2) is 29.2 Å². The zero-order valence-corrected chi connectivity index (χ0v) is 14.2. The number of hydrogen-bond acceptors (Lipinski definition) is 3. The predicted molar refractivity (Wildman–Crippen MR) is 96.9 cm³/mol. The van der Waals surface area contributed by atoms with Crippen molar-refractivity contribution >= 4 is 34.2 Å². The van der Waals surface area contributed by atoms with Crippen LogP contribution < -0.4 is 16.1 Å². The van der Waals surface area contributed by atoms with E-state index in [1.165, 1.54) is 25.5 Å². The molecule has 6 nitrogen and oxygen atoms in total. The highest BCUT2D eigenvalue weighted by atomic mass is 35.5. The predicted octanol–water partition coefficient (Wildman–Crippen LogP) is 2.79. The largest absolute Gasteiger partial charge is 0.359 e. The molecule has 0 aliphatic carbocycles. The molecule has 0 bridgehead atoms. The van der Waals surface area contributed by atoms with Crippen molar-refractivity contribution in [2.45, 2.75) is 19.3 Å². The molecule has 24 heavy (non-hydrogen) atoms. The number of nitrogens with one attached hydrogen (secondary N) is 3. The summed E-state index contributed by atoms with van der Waals surface area (Å²) >= 11 is 5.91. The van der Waals surface area contributed by atoms with Crippen molar-refractivity contribution in [3.05, 3.63) is 39.6 Å². The summed E-state index contributed by atoms with van der Waals surface area (Å²) in [4.78, 5) is 29.7. The number of rotatable bonds is 4. The molecule has 1 fully saturated rings. The first-order valence-electron chi connectivity index (χ1n) is 8.21. The van der Waals surface area contributed by atoms with E-state index in [1.54, 1.807) is 18.2 Å². The number of likely N-dealkylation sites (tertiary alicyclic amines) is 1. The van der Waals surface area contributed by atoms with E-state index in [2.05, 4.69) is 20.5 Å². The number of pyridine rings is 1. The number of amides is 2. The first kappa shape index (κ1) is 16.8. The van der Waals surface area contributed by atoms with E-state index >= 15 is 0 Å². The maximum atomic E-state index is 12.4. The van der Waals surface area contributed by atoms with Gasteiger partial charge in [-0.3, -0.25) is 4.79 Å². The smallest absolute Gasteiger partial charge is 0.319 e. The van der Waals surface area contributed by atoms with Crippen molar-refractivity contribution in [1.82, 2.24) is 15.2 Å². The Kier molecular flexibility index (Phi) is 5.37. The lowest BCUT2D eigenvalue weighted by Crippen LogP contribution is -2.39. The van der Waals surface area contributed by atoms with Gasteiger partial charge in [0.25, 0.3) is 0 Å². The summed E-state index contributed by atoms with van der Waals surface area (Å²) < 4.78 is 0. The molecule has 0 spiro atoms. The maximum absolute atomic E-state index is 12.4. The molecule has 3 rings (SSSR count). The monoisotopic (exact) mass is 348 g/mol. The van der Waals surface area contributed by atoms with Gasteiger partial charge in [0.15, 0.2) is 0 Å². The zero-order valence-electron chi connectivity index (χ0n) is 13.4. The molecule has 2 amide bonds. The van der Waals surface area contributed by atoms with Gasteiger partial charge in [0.1, 0.15) is 5.69 Å². The van der Waals surface area contributed by atoms with Gasteiger partial charge in [0, 0.05) is 29.7 Å². The van der Waals surface area contributed by atoms with Crippen LogP contribution in [0.25, 0.3) is 10.9 Å². The third-order valence-electron chi connectivity index (χ3n) is 4.25. The first-order valence-corrected chi connectivity index (χ1v) is 8.59. The van der Waals surface area contributed by atoms with E-state index in [1.807, 2.05) is 0 Å². The summed E-state index contributed by atoms with van der Waals surface area (Å²) in [5, 5.41) is 6.45. The second-order valence-corrected chi connectivity index (χ2v) is 6.44. The summed E-state index contributed by atoms with van der Waals surface area (Å²) in [5.74, 6) is 0. The van der Waals surface area contributed by atoms with E-state index < -0.39 is 0 Å². The van der Waals surface area contributed by atoms with Crippen molar-refractivity contribution in [3.63, 3.8) is 0 Å². The number of carbonyl (C=O) groups is 1. The van der Waals surface area contributed by atoms with Crippen LogP contribution in [0.2, 0.25) is 5.02 Å². The van der Waals surface area contributed by atoms with Crippen LogP contribution in [-0.2, 0) is 0 Å². The third kappa shape index (κ3) is 4.07. The molecular weight excluding hydrogens is 328 g/mol. The zero-order chi connectivity index (χ0) is 16.9. The number of piperidine rings is 1. The summed E-state index contributed by atoms with van der Waals surface area (Å²) in [6, 6.07) is 4.61. The molecular formula is C17H21ClN4O2. The molecule has 0 atom stereocenters. The number of H-pyrrole nitrogens is 1. The Morgan fingerprint density at radius 1 is 1.25 bits per heavy atom. The van der Waals surface area contributed by atoms with Crippen molar-refractivity contribution in [2.24, 2.45) is 0 Å². The lowest BCUT2D eigenvalue weighted by atomic mass is 10.1. The molecule has 0 saturated carbocycles. The standard InChI is InChI=1S/C17H21ClN4O2/c18-12-4-5-13-14(10-12)20-11-15(16(13)23)21-17(24)19-6-9-22-7-2-1-3-8-22/h4-5,10-11H,1-3,6-9H2,(H,20,23)(H2,19,21,24). The molecule has 1 aliphatic rings. The molecule has 128 valence electrons. The summed E-state index contributed by atoms with van der Waals surface area (Å²) in [5.41, 5.74) is 0.635. The maximum Gasteiger partial charge on any atom is 0.319 e. The Bertz CT molecular complexity index is 784. The van der Waals surface area contributed by atoms with Crippen molar-refractivity contribution in [2.75, 3.05) is 31.5 Å². The molecule has 2 aromatic rings. The normalized spacial score (nSPS) is 15.4. The Balaban J connectivity index is 1.58. The number of hydrogen-bond donors (Lipinski definition) is 3. The molecule has 1 aromatic heterocycles. The average molecular weight is 349 g/mol. The number of benzene rings is 1. The molecule has 1 aromatic carbocycles. The molecule has 2 heterocycles. The van der Waals surface area contributed by atoms with Gasteiger partial charge >= 0.3 is 6.03 Å². The SMILES string of the molecule is O=C(NCCN1CCCCC1)Nc1c[nH]c2cc(Cl)ccc2c1=O. The fourth-order valence-electron chi connectivity index (χ4n) is 2.96. The van der Waals surface area contributed by atoms with Gasteiger partial charge in [-0.15, -0.1) is 0 Å². The summed E-state index contributed by atoms with van der Waals surface area (Å²) in [6.45, 7) is 3.58. The molecule has 7 heteroatoms. The van der Waals surface area contributed by atoms with E-state index in [0.717, 1.165) is 19.6 Å². The Labute approximate surface area is 145 Å². The van der Waals surface area contributed by atoms with E-state index in [9.17, 15) is 9.59 Å². The highest BCUT2D eigenvalue weighted by Crippen LogP contribution is 2.16. The summed E-state index contributed by atoms with van der Waals surface area (Å²) in [6.07, 6.45) is 5.23. The first-order chi connectivity index (χ1) is 11.6. The number of anilines is 1. The average Bonchev–Trinajstić information content (AvgIpc) is 2.58. The fourth-order valence-corrected chi connectivity index (χ4v) is 3.14. The number of aromatic nitrogens is 1. The number of urea groups is 1. The van der Waals surface area contributed by atoms with E-state index in [4.69, 9.17) is 11.6 Å². The van der Waals surface area contributed by atoms with Gasteiger partial charge in [-0.25, -0.2) is 4.79 Å². The fraction of sp³-hybridized carbons (Fsp3) is 0.412. The van der Waals surface area contributed by atoms with Gasteiger partial charge in [-0.05, 0) is 44.1 Å². The van der Waals surface area contributed by atoms with Crippen LogP contribution in [-0.4, -0.2) is 42.1 Å². The molecule has 1 aliphatic heterocycles. The molecule has 0 unspecified atom stereocenters. The minimum absolute atomic E-state index is 0.222. The lowest BCUT2D eigenvalue weighted by Gasteiger charge is -2.26. The highest BCUT2D eigenvalue weighted by Gasteiger charge is 2.11. The van der Waals surface area contributed by atoms with Gasteiger partial charge < -0.3 is 20.5 Å². The van der Waals surface area contributed by atoms with Crippen LogP contribution in [0.1, 0.15) is 19.3 Å². The second kappa shape index (κ2) is 7.68. The number of carbonyl (C=O) groups excluding carboxylic acids is 1.